The van der Waals surface area contributed by atoms with Crippen molar-refractivity contribution in [2.24, 2.45) is 0 Å². The molecule has 0 radical (unpaired) electrons. The van der Waals surface area contributed by atoms with Crippen molar-refractivity contribution in [2.75, 3.05) is 11.1 Å². The predicted molar refractivity (Wildman–Crippen MR) is 81.3 cm³/mol. The summed E-state index contributed by atoms with van der Waals surface area (Å²) in [6, 6.07) is 11.6. The lowest BCUT2D eigenvalue weighted by Crippen LogP contribution is -2.09. The molecule has 21 heavy (non-hydrogen) atoms. The van der Waals surface area contributed by atoms with Gasteiger partial charge in [-0.15, -0.1) is 0 Å². The summed E-state index contributed by atoms with van der Waals surface area (Å²) in [5.74, 6) is -0.239. The smallest absolute Gasteiger partial charge is 0.343 e. The highest BCUT2D eigenvalue weighted by molar-refractivity contribution is 5.92. The molecule has 0 aromatic heterocycles. The summed E-state index contributed by atoms with van der Waals surface area (Å²) in [6.45, 7) is 3.29. The highest BCUT2D eigenvalue weighted by Crippen LogP contribution is 2.18. The van der Waals surface area contributed by atoms with Crippen LogP contribution in [0.5, 0.6) is 5.75 Å². The highest BCUT2D eigenvalue weighted by Gasteiger charge is 2.10. The number of hydrogen-bond acceptors (Lipinski definition) is 4. The molecule has 5 nitrogen and oxygen atoms in total. The van der Waals surface area contributed by atoms with Crippen LogP contribution in [0.1, 0.15) is 22.8 Å². The average molecular weight is 284 g/mol. The first-order valence-electron chi connectivity index (χ1n) is 6.41. The monoisotopic (exact) mass is 284 g/mol. The Morgan fingerprint density at radius 1 is 1.10 bits per heavy atom. The summed E-state index contributed by atoms with van der Waals surface area (Å²) < 4.78 is 5.25. The van der Waals surface area contributed by atoms with E-state index in [9.17, 15) is 9.59 Å². The SMILES string of the molecule is CC(=O)Nc1ccc(OC(=O)c2ccc(C)c(N)c2)cc1. The number of carbonyl (C=O) groups excluding carboxylic acids is 2. The van der Waals surface area contributed by atoms with E-state index >= 15 is 0 Å². The van der Waals surface area contributed by atoms with E-state index in [1.807, 2.05) is 6.92 Å². The third-order valence-corrected chi connectivity index (χ3v) is 2.90. The summed E-state index contributed by atoms with van der Waals surface area (Å²) in [6.07, 6.45) is 0. The Labute approximate surface area is 122 Å². The minimum atomic E-state index is -0.478. The molecule has 3 N–H and O–H groups in total. The molecule has 2 rings (SSSR count). The fourth-order valence-corrected chi connectivity index (χ4v) is 1.74. The van der Waals surface area contributed by atoms with Crippen LogP contribution in [-0.4, -0.2) is 11.9 Å². The number of amides is 1. The zero-order chi connectivity index (χ0) is 15.4. The molecular formula is C16H16N2O3. The van der Waals surface area contributed by atoms with Gasteiger partial charge in [0.2, 0.25) is 5.91 Å². The molecule has 2 aromatic rings. The van der Waals surface area contributed by atoms with Crippen LogP contribution >= 0.6 is 0 Å². The number of esters is 1. The second-order valence-corrected chi connectivity index (χ2v) is 4.67. The van der Waals surface area contributed by atoms with Crippen LogP contribution < -0.4 is 15.8 Å². The Morgan fingerprint density at radius 2 is 1.76 bits per heavy atom. The maximum absolute atomic E-state index is 12.0. The van der Waals surface area contributed by atoms with Crippen molar-refractivity contribution < 1.29 is 14.3 Å². The number of nitrogens with one attached hydrogen (secondary N) is 1. The number of benzene rings is 2. The maximum Gasteiger partial charge on any atom is 0.343 e. The first-order valence-corrected chi connectivity index (χ1v) is 6.41. The van der Waals surface area contributed by atoms with Crippen LogP contribution in [0.2, 0.25) is 0 Å². The molecule has 108 valence electrons. The van der Waals surface area contributed by atoms with E-state index in [-0.39, 0.29) is 5.91 Å². The average Bonchev–Trinajstić information content (AvgIpc) is 2.43. The second kappa shape index (κ2) is 6.09. The van der Waals surface area contributed by atoms with Crippen molar-refractivity contribution in [3.63, 3.8) is 0 Å². The van der Waals surface area contributed by atoms with E-state index in [0.717, 1.165) is 5.56 Å². The van der Waals surface area contributed by atoms with Gasteiger partial charge < -0.3 is 15.8 Å². The summed E-state index contributed by atoms with van der Waals surface area (Å²) in [4.78, 5) is 22.9. The number of hydrogen-bond donors (Lipinski definition) is 2. The Bertz CT molecular complexity index is 678. The van der Waals surface area contributed by atoms with Gasteiger partial charge in [-0.1, -0.05) is 6.07 Å². The van der Waals surface area contributed by atoms with E-state index in [1.54, 1.807) is 42.5 Å². The van der Waals surface area contributed by atoms with Crippen LogP contribution in [-0.2, 0) is 4.79 Å². The van der Waals surface area contributed by atoms with Gasteiger partial charge in [-0.25, -0.2) is 4.79 Å². The first-order chi connectivity index (χ1) is 9.95. The second-order valence-electron chi connectivity index (χ2n) is 4.67. The van der Waals surface area contributed by atoms with Crippen molar-refractivity contribution in [3.05, 3.63) is 53.6 Å². The molecule has 0 fully saturated rings. The van der Waals surface area contributed by atoms with Crippen LogP contribution in [0.25, 0.3) is 0 Å². The lowest BCUT2D eigenvalue weighted by molar-refractivity contribution is -0.114. The van der Waals surface area contributed by atoms with E-state index in [2.05, 4.69) is 5.32 Å². The van der Waals surface area contributed by atoms with E-state index in [0.29, 0.717) is 22.7 Å². The molecule has 0 atom stereocenters. The van der Waals surface area contributed by atoms with Crippen LogP contribution in [0.15, 0.2) is 42.5 Å². The van der Waals surface area contributed by atoms with Crippen LogP contribution in [0.4, 0.5) is 11.4 Å². The van der Waals surface area contributed by atoms with Gasteiger partial charge in [-0.3, -0.25) is 4.79 Å². The molecule has 0 aliphatic rings. The molecule has 2 aromatic carbocycles. The van der Waals surface area contributed by atoms with Gasteiger partial charge in [-0.05, 0) is 48.9 Å². The zero-order valence-electron chi connectivity index (χ0n) is 11.8. The molecule has 0 saturated carbocycles. The van der Waals surface area contributed by atoms with E-state index < -0.39 is 5.97 Å². The van der Waals surface area contributed by atoms with Crippen molar-refractivity contribution in [2.45, 2.75) is 13.8 Å². The Kier molecular flexibility index (Phi) is 4.23. The summed E-state index contributed by atoms with van der Waals surface area (Å²) in [5.41, 5.74) is 8.26. The number of rotatable bonds is 3. The number of nitrogens with two attached hydrogens (primary N) is 1. The largest absolute Gasteiger partial charge is 0.423 e. The summed E-state index contributed by atoms with van der Waals surface area (Å²) >= 11 is 0. The van der Waals surface area contributed by atoms with Crippen molar-refractivity contribution >= 4 is 23.3 Å². The minimum absolute atomic E-state index is 0.158. The standard InChI is InChI=1S/C16H16N2O3/c1-10-3-4-12(9-15(10)17)16(20)21-14-7-5-13(6-8-14)18-11(2)19/h3-9H,17H2,1-2H3,(H,18,19). The van der Waals surface area contributed by atoms with Crippen LogP contribution in [0.3, 0.4) is 0 Å². The number of anilines is 2. The molecule has 0 saturated heterocycles. The lowest BCUT2D eigenvalue weighted by Gasteiger charge is -2.07. The summed E-state index contributed by atoms with van der Waals surface area (Å²) in [5, 5.41) is 2.63. The molecule has 0 aliphatic carbocycles. The van der Waals surface area contributed by atoms with Crippen molar-refractivity contribution in [3.8, 4) is 5.75 Å². The Balaban J connectivity index is 2.08. The molecular weight excluding hydrogens is 268 g/mol. The summed E-state index contributed by atoms with van der Waals surface area (Å²) in [7, 11) is 0. The normalized spacial score (nSPS) is 10.0. The van der Waals surface area contributed by atoms with Crippen molar-refractivity contribution in [1.29, 1.82) is 0 Å². The molecule has 0 bridgehead atoms. The molecule has 1 amide bonds. The number of carbonyl (C=O) groups is 2. The van der Waals surface area contributed by atoms with Gasteiger partial charge >= 0.3 is 5.97 Å². The zero-order valence-corrected chi connectivity index (χ0v) is 11.8. The maximum atomic E-state index is 12.0. The highest BCUT2D eigenvalue weighted by atomic mass is 16.5. The van der Waals surface area contributed by atoms with E-state index in [4.69, 9.17) is 10.5 Å². The van der Waals surface area contributed by atoms with E-state index in [1.165, 1.54) is 6.92 Å². The van der Waals surface area contributed by atoms with Gasteiger partial charge in [0.1, 0.15) is 5.75 Å². The Hall–Kier alpha value is -2.82. The van der Waals surface area contributed by atoms with Gasteiger partial charge in [0.15, 0.2) is 0 Å². The lowest BCUT2D eigenvalue weighted by atomic mass is 10.1. The topological polar surface area (TPSA) is 81.4 Å². The predicted octanol–water partition coefficient (Wildman–Crippen LogP) is 2.75. The molecule has 0 aliphatic heterocycles. The molecule has 0 spiro atoms. The van der Waals surface area contributed by atoms with Gasteiger partial charge in [0.05, 0.1) is 5.56 Å². The fourth-order valence-electron chi connectivity index (χ4n) is 1.74. The Morgan fingerprint density at radius 3 is 2.33 bits per heavy atom. The molecule has 0 unspecified atom stereocenters. The third kappa shape index (κ3) is 3.82. The number of nitrogen functional groups attached to an aromatic ring is 1. The van der Waals surface area contributed by atoms with Gasteiger partial charge in [0.25, 0.3) is 0 Å². The first kappa shape index (κ1) is 14.6. The quantitative estimate of drug-likeness (QED) is 0.516. The fraction of sp³-hybridized carbons (Fsp3) is 0.125. The third-order valence-electron chi connectivity index (χ3n) is 2.90. The minimum Gasteiger partial charge on any atom is -0.423 e. The van der Waals surface area contributed by atoms with Gasteiger partial charge in [0, 0.05) is 18.3 Å². The number of aryl methyl sites for hydroxylation is 1. The van der Waals surface area contributed by atoms with Crippen LogP contribution in [0, 0.1) is 6.92 Å². The van der Waals surface area contributed by atoms with Crippen molar-refractivity contribution in [1.82, 2.24) is 0 Å². The number of ether oxygens (including phenoxy) is 1. The molecule has 0 heterocycles. The molecule has 5 heteroatoms. The van der Waals surface area contributed by atoms with Gasteiger partial charge in [-0.2, -0.15) is 0 Å².